The Morgan fingerprint density at radius 2 is 2.00 bits per heavy atom. The average Bonchev–Trinajstić information content (AvgIpc) is 2.45. The molecule has 6 heteroatoms. The molecule has 0 atom stereocenters. The van der Waals surface area contributed by atoms with Crippen molar-refractivity contribution in [1.82, 2.24) is 4.98 Å². The predicted molar refractivity (Wildman–Crippen MR) is 74.0 cm³/mol. The van der Waals surface area contributed by atoms with Crippen LogP contribution in [0, 0.1) is 15.9 Å². The Balaban J connectivity index is 2.37. The van der Waals surface area contributed by atoms with Crippen molar-refractivity contribution in [2.75, 3.05) is 11.4 Å². The molecule has 0 fully saturated rings. The third-order valence-electron chi connectivity index (χ3n) is 2.99. The third kappa shape index (κ3) is 2.90. The minimum Gasteiger partial charge on any atom is -0.362 e. The van der Waals surface area contributed by atoms with Crippen molar-refractivity contribution in [3.8, 4) is 0 Å². The van der Waals surface area contributed by atoms with Crippen molar-refractivity contribution in [2.24, 2.45) is 0 Å². The first-order chi connectivity index (χ1) is 9.63. The molecule has 0 saturated heterocycles. The summed E-state index contributed by atoms with van der Waals surface area (Å²) >= 11 is 0. The van der Waals surface area contributed by atoms with Crippen LogP contribution in [0.5, 0.6) is 0 Å². The number of benzene rings is 1. The smallest absolute Gasteiger partial charge is 0.327 e. The molecular weight excluding hydrogens is 261 g/mol. The summed E-state index contributed by atoms with van der Waals surface area (Å²) in [5.74, 6) is -0.819. The third-order valence-corrected chi connectivity index (χ3v) is 2.99. The summed E-state index contributed by atoms with van der Waals surface area (Å²) in [7, 11) is 0. The highest BCUT2D eigenvalue weighted by Crippen LogP contribution is 2.31. The predicted octanol–water partition coefficient (Wildman–Crippen LogP) is 3.16. The van der Waals surface area contributed by atoms with Crippen LogP contribution in [-0.4, -0.2) is 16.5 Å². The van der Waals surface area contributed by atoms with E-state index in [2.05, 4.69) is 4.98 Å². The normalized spacial score (nSPS) is 10.3. The van der Waals surface area contributed by atoms with E-state index in [0.29, 0.717) is 13.1 Å². The number of nitrogens with zero attached hydrogens (tertiary/aromatic N) is 3. The lowest BCUT2D eigenvalue weighted by Crippen LogP contribution is -2.23. The molecule has 0 aliphatic heterocycles. The van der Waals surface area contributed by atoms with Crippen LogP contribution in [0.2, 0.25) is 0 Å². The summed E-state index contributed by atoms with van der Waals surface area (Å²) in [4.78, 5) is 16.0. The molecule has 2 aromatic rings. The van der Waals surface area contributed by atoms with Crippen LogP contribution in [0.15, 0.2) is 42.7 Å². The maximum atomic E-state index is 13.7. The second-order valence-electron chi connectivity index (χ2n) is 4.23. The first-order valence-electron chi connectivity index (χ1n) is 6.20. The lowest BCUT2D eigenvalue weighted by molar-refractivity contribution is -0.386. The summed E-state index contributed by atoms with van der Waals surface area (Å²) in [6, 6.07) is 7.79. The molecule has 20 heavy (non-hydrogen) atoms. The van der Waals surface area contributed by atoms with E-state index in [9.17, 15) is 14.5 Å². The molecule has 0 radical (unpaired) electrons. The Labute approximate surface area is 115 Å². The molecule has 0 aliphatic carbocycles. The SMILES string of the molecule is CCN(Cc1ccncc1)c1cccc(F)c1[N+](=O)[O-]. The number of nitro groups is 1. The van der Waals surface area contributed by atoms with Crippen LogP contribution in [0.4, 0.5) is 15.8 Å². The lowest BCUT2D eigenvalue weighted by Gasteiger charge is -2.22. The van der Waals surface area contributed by atoms with Crippen LogP contribution in [0.1, 0.15) is 12.5 Å². The van der Waals surface area contributed by atoms with Gasteiger partial charge in [-0.2, -0.15) is 4.39 Å². The first-order valence-corrected chi connectivity index (χ1v) is 6.20. The van der Waals surface area contributed by atoms with Crippen molar-refractivity contribution >= 4 is 11.4 Å². The molecule has 104 valence electrons. The molecule has 0 bridgehead atoms. The first kappa shape index (κ1) is 13.9. The standard InChI is InChI=1S/C14H14FN3O2/c1-2-17(10-11-6-8-16-9-7-11)13-5-3-4-12(15)14(13)18(19)20/h3-9H,2,10H2,1H3. The molecule has 1 aromatic heterocycles. The molecule has 0 N–H and O–H groups in total. The van der Waals surface area contributed by atoms with Gasteiger partial charge in [0, 0.05) is 25.5 Å². The molecule has 1 heterocycles. The van der Waals surface area contributed by atoms with Gasteiger partial charge in [-0.25, -0.2) is 0 Å². The van der Waals surface area contributed by atoms with Crippen LogP contribution in [0.25, 0.3) is 0 Å². The number of hydrogen-bond donors (Lipinski definition) is 0. The number of rotatable bonds is 5. The summed E-state index contributed by atoms with van der Waals surface area (Å²) in [6.45, 7) is 2.87. The van der Waals surface area contributed by atoms with Gasteiger partial charge in [-0.3, -0.25) is 15.1 Å². The highest BCUT2D eigenvalue weighted by Gasteiger charge is 2.23. The second-order valence-corrected chi connectivity index (χ2v) is 4.23. The van der Waals surface area contributed by atoms with Gasteiger partial charge in [-0.15, -0.1) is 0 Å². The molecule has 2 rings (SSSR count). The second kappa shape index (κ2) is 6.10. The maximum Gasteiger partial charge on any atom is 0.327 e. The Bertz CT molecular complexity index is 605. The Morgan fingerprint density at radius 1 is 1.30 bits per heavy atom. The minimum atomic E-state index is -0.819. The van der Waals surface area contributed by atoms with Gasteiger partial charge in [0.1, 0.15) is 5.69 Å². The van der Waals surface area contributed by atoms with E-state index in [4.69, 9.17) is 0 Å². The summed E-state index contributed by atoms with van der Waals surface area (Å²) in [5.41, 5.74) is 0.762. The van der Waals surface area contributed by atoms with E-state index in [1.54, 1.807) is 23.4 Å². The molecule has 0 spiro atoms. The fraction of sp³-hybridized carbons (Fsp3) is 0.214. The zero-order valence-corrected chi connectivity index (χ0v) is 11.0. The van der Waals surface area contributed by atoms with Gasteiger partial charge in [0.05, 0.1) is 4.92 Å². The molecule has 0 aliphatic rings. The minimum absolute atomic E-state index is 0.286. The summed E-state index contributed by atoms with van der Waals surface area (Å²) in [6.07, 6.45) is 3.31. The number of para-hydroxylation sites is 1. The van der Waals surface area contributed by atoms with Gasteiger partial charge in [0.25, 0.3) is 0 Å². The monoisotopic (exact) mass is 275 g/mol. The van der Waals surface area contributed by atoms with Gasteiger partial charge in [-0.1, -0.05) is 6.07 Å². The number of pyridine rings is 1. The van der Waals surface area contributed by atoms with E-state index in [1.807, 2.05) is 19.1 Å². The zero-order chi connectivity index (χ0) is 14.5. The maximum absolute atomic E-state index is 13.7. The number of halogens is 1. The van der Waals surface area contributed by atoms with E-state index >= 15 is 0 Å². The average molecular weight is 275 g/mol. The van der Waals surface area contributed by atoms with Gasteiger partial charge in [0.15, 0.2) is 0 Å². The molecular formula is C14H14FN3O2. The molecule has 0 unspecified atom stereocenters. The Kier molecular flexibility index (Phi) is 4.24. The Morgan fingerprint density at radius 3 is 2.60 bits per heavy atom. The van der Waals surface area contributed by atoms with Gasteiger partial charge >= 0.3 is 5.69 Å². The Hall–Kier alpha value is -2.50. The summed E-state index contributed by atoms with van der Waals surface area (Å²) in [5, 5.41) is 11.0. The van der Waals surface area contributed by atoms with E-state index in [0.717, 1.165) is 11.6 Å². The van der Waals surface area contributed by atoms with Crippen molar-refractivity contribution in [3.63, 3.8) is 0 Å². The molecule has 0 saturated carbocycles. The van der Waals surface area contributed by atoms with E-state index < -0.39 is 16.4 Å². The van der Waals surface area contributed by atoms with Gasteiger partial charge in [0.2, 0.25) is 5.82 Å². The molecule has 0 amide bonds. The highest BCUT2D eigenvalue weighted by atomic mass is 19.1. The van der Waals surface area contributed by atoms with E-state index in [-0.39, 0.29) is 5.69 Å². The zero-order valence-electron chi connectivity index (χ0n) is 11.0. The topological polar surface area (TPSA) is 59.3 Å². The number of nitro benzene ring substituents is 1. The lowest BCUT2D eigenvalue weighted by atomic mass is 10.2. The fourth-order valence-corrected chi connectivity index (χ4v) is 2.02. The van der Waals surface area contributed by atoms with Crippen molar-refractivity contribution in [3.05, 3.63) is 64.2 Å². The fourth-order valence-electron chi connectivity index (χ4n) is 2.02. The van der Waals surface area contributed by atoms with Gasteiger partial charge in [-0.05, 0) is 36.8 Å². The van der Waals surface area contributed by atoms with Crippen molar-refractivity contribution in [1.29, 1.82) is 0 Å². The largest absolute Gasteiger partial charge is 0.362 e. The van der Waals surface area contributed by atoms with Crippen molar-refractivity contribution in [2.45, 2.75) is 13.5 Å². The molecule has 5 nitrogen and oxygen atoms in total. The van der Waals surface area contributed by atoms with Crippen LogP contribution >= 0.6 is 0 Å². The van der Waals surface area contributed by atoms with Crippen LogP contribution in [0.3, 0.4) is 0 Å². The van der Waals surface area contributed by atoms with Crippen LogP contribution in [-0.2, 0) is 6.54 Å². The quantitative estimate of drug-likeness (QED) is 0.621. The highest BCUT2D eigenvalue weighted by molar-refractivity contribution is 5.63. The molecule has 1 aromatic carbocycles. The number of aromatic nitrogens is 1. The number of hydrogen-bond acceptors (Lipinski definition) is 4. The van der Waals surface area contributed by atoms with Crippen molar-refractivity contribution < 1.29 is 9.31 Å². The summed E-state index contributed by atoms with van der Waals surface area (Å²) < 4.78 is 13.7. The number of anilines is 1. The van der Waals surface area contributed by atoms with E-state index in [1.165, 1.54) is 6.07 Å². The van der Waals surface area contributed by atoms with Crippen LogP contribution < -0.4 is 4.90 Å². The van der Waals surface area contributed by atoms with Gasteiger partial charge < -0.3 is 4.90 Å².